The molecule has 7 rings (SSSR count). The second-order valence-corrected chi connectivity index (χ2v) is 15.4. The number of carboxylic acid groups (broad SMARTS) is 1. The Balaban J connectivity index is 1.57. The number of fused-ring (bicyclic) bond motifs is 2. The quantitative estimate of drug-likeness (QED) is 0.205. The summed E-state index contributed by atoms with van der Waals surface area (Å²) in [6.07, 6.45) is 11.7. The maximum Gasteiger partial charge on any atom is 0.330 e. The summed E-state index contributed by atoms with van der Waals surface area (Å²) in [6, 6.07) is 0. The Kier molecular flexibility index (Phi) is 7.68. The summed E-state index contributed by atoms with van der Waals surface area (Å²) in [4.78, 5) is 26.6. The molecule has 3 heterocycles. The number of ether oxygens (including phenoxy) is 3. The molecule has 2 unspecified atom stereocenters. The first kappa shape index (κ1) is 32.6. The molecule has 1 aromatic rings. The standard InChI is InChI=1S/C38H48O8/c1-20(2)10-9-15-36(8)16-14-24-29(39)28-30(40)26-18-23-19-27-35(6,7)46-37(33(23)41,17-13-22(5)34(42)43)38(26,27)45-32(28)25(31(24)44-36)12-11-21(3)4/h10-11,13-14,16,23,26-27,33,39,41H,9,12,15,17-19H2,1-8H3,(H,42,43)/b22-13-/t23-,26?,27+,33?,36-,37+,38-/m1/s1. The van der Waals surface area contributed by atoms with E-state index in [2.05, 4.69) is 26.0 Å². The lowest BCUT2D eigenvalue weighted by molar-refractivity contribution is -0.253. The molecule has 1 spiro atoms. The number of Topliss-reactive ketones (excluding diaryl/α,β-unsaturated/α-hetero) is 1. The molecule has 3 saturated carbocycles. The first-order chi connectivity index (χ1) is 21.5. The van der Waals surface area contributed by atoms with Crippen molar-refractivity contribution in [2.45, 2.75) is 122 Å². The molecule has 0 amide bonds. The SMILES string of the molecule is CC(C)=CCC[C@]1(C)C=Cc2c(O)c3c(c(CC=C(C)C)c2O1)O[C@]12C(C[C@@H]4C[C@H]1C(C)(C)O[C@@]2(C/C=C(/C)C(=O)O)C4O)C3=O. The first-order valence-corrected chi connectivity index (χ1v) is 16.6. The zero-order valence-electron chi connectivity index (χ0n) is 28.3. The monoisotopic (exact) mass is 632 g/mol. The van der Waals surface area contributed by atoms with Gasteiger partial charge in [0.1, 0.15) is 34.0 Å². The number of aliphatic carboxylic acids is 1. The Morgan fingerprint density at radius 2 is 1.70 bits per heavy atom. The molecule has 3 aliphatic carbocycles. The summed E-state index contributed by atoms with van der Waals surface area (Å²) in [5.41, 5.74) is -0.321. The van der Waals surface area contributed by atoms with Gasteiger partial charge in [-0.05, 0) is 106 Å². The van der Waals surface area contributed by atoms with Crippen LogP contribution in [-0.4, -0.2) is 55.6 Å². The second-order valence-electron chi connectivity index (χ2n) is 15.4. The fraction of sp³-hybridized carbons (Fsp3) is 0.579. The van der Waals surface area contributed by atoms with Crippen molar-refractivity contribution in [2.24, 2.45) is 17.8 Å². The van der Waals surface area contributed by atoms with E-state index in [9.17, 15) is 24.9 Å². The normalized spacial score (nSPS) is 34.5. The van der Waals surface area contributed by atoms with E-state index < -0.39 is 40.4 Å². The van der Waals surface area contributed by atoms with Gasteiger partial charge in [0.25, 0.3) is 0 Å². The van der Waals surface area contributed by atoms with Crippen LogP contribution in [-0.2, 0) is 16.0 Å². The van der Waals surface area contributed by atoms with Crippen LogP contribution < -0.4 is 9.47 Å². The Hall–Kier alpha value is -3.36. The van der Waals surface area contributed by atoms with Crippen molar-refractivity contribution in [1.82, 2.24) is 0 Å². The number of allylic oxidation sites excluding steroid dienone is 4. The number of phenolic OH excluding ortho intramolecular Hbond substituents is 1. The van der Waals surface area contributed by atoms with Crippen LogP contribution in [0.5, 0.6) is 17.2 Å². The third-order valence-corrected chi connectivity index (χ3v) is 11.2. The first-order valence-electron chi connectivity index (χ1n) is 16.6. The van der Waals surface area contributed by atoms with Crippen LogP contribution in [0.4, 0.5) is 0 Å². The van der Waals surface area contributed by atoms with Gasteiger partial charge < -0.3 is 29.5 Å². The number of aromatic hydroxyl groups is 1. The minimum Gasteiger partial charge on any atom is -0.506 e. The number of benzene rings is 1. The van der Waals surface area contributed by atoms with Gasteiger partial charge in [0.05, 0.1) is 23.2 Å². The number of aliphatic hydroxyl groups is 1. The lowest BCUT2D eigenvalue weighted by Crippen LogP contribution is -2.77. The number of hydrogen-bond acceptors (Lipinski definition) is 7. The summed E-state index contributed by atoms with van der Waals surface area (Å²) < 4.78 is 20.9. The molecule has 46 heavy (non-hydrogen) atoms. The molecule has 8 heteroatoms. The van der Waals surface area contributed by atoms with Gasteiger partial charge in [-0.3, -0.25) is 4.79 Å². The molecule has 6 aliphatic rings. The molecule has 8 nitrogen and oxygen atoms in total. The van der Waals surface area contributed by atoms with Crippen LogP contribution in [0.25, 0.3) is 6.08 Å². The number of aliphatic hydroxyl groups excluding tert-OH is 1. The maximum atomic E-state index is 14.8. The fourth-order valence-corrected chi connectivity index (χ4v) is 9.00. The lowest BCUT2D eigenvalue weighted by Gasteiger charge is -2.63. The molecule has 1 saturated heterocycles. The van der Waals surface area contributed by atoms with Gasteiger partial charge in [0.15, 0.2) is 11.4 Å². The highest BCUT2D eigenvalue weighted by atomic mass is 16.6. The van der Waals surface area contributed by atoms with E-state index in [1.165, 1.54) is 12.5 Å². The van der Waals surface area contributed by atoms with Crippen LogP contribution in [0.1, 0.15) is 109 Å². The molecule has 1 aromatic carbocycles. The Morgan fingerprint density at radius 1 is 1.00 bits per heavy atom. The summed E-state index contributed by atoms with van der Waals surface area (Å²) in [5, 5.41) is 33.5. The van der Waals surface area contributed by atoms with Gasteiger partial charge in [0, 0.05) is 23.5 Å². The predicted molar refractivity (Wildman–Crippen MR) is 175 cm³/mol. The number of carbonyl (C=O) groups is 2. The number of carbonyl (C=O) groups excluding carboxylic acids is 1. The van der Waals surface area contributed by atoms with Gasteiger partial charge in [-0.15, -0.1) is 0 Å². The smallest absolute Gasteiger partial charge is 0.330 e. The van der Waals surface area contributed by atoms with E-state index >= 15 is 0 Å². The van der Waals surface area contributed by atoms with Crippen LogP contribution in [0.2, 0.25) is 0 Å². The minimum absolute atomic E-state index is 0.0732. The van der Waals surface area contributed by atoms with Gasteiger partial charge in [-0.1, -0.05) is 29.4 Å². The van der Waals surface area contributed by atoms with Crippen molar-refractivity contribution in [3.05, 3.63) is 57.7 Å². The number of rotatable bonds is 8. The van der Waals surface area contributed by atoms with E-state index in [0.717, 1.165) is 18.4 Å². The Bertz CT molecular complexity index is 1620. The van der Waals surface area contributed by atoms with E-state index in [-0.39, 0.29) is 46.7 Å². The number of ketones is 1. The van der Waals surface area contributed by atoms with E-state index in [4.69, 9.17) is 14.2 Å². The van der Waals surface area contributed by atoms with Gasteiger partial charge in [-0.25, -0.2) is 4.79 Å². The van der Waals surface area contributed by atoms with Crippen LogP contribution >= 0.6 is 0 Å². The molecular weight excluding hydrogens is 584 g/mol. The van der Waals surface area contributed by atoms with Crippen molar-refractivity contribution in [2.75, 3.05) is 0 Å². The van der Waals surface area contributed by atoms with E-state index in [1.807, 2.05) is 46.8 Å². The molecule has 3 N–H and O–H groups in total. The van der Waals surface area contributed by atoms with Crippen molar-refractivity contribution in [3.8, 4) is 17.2 Å². The molecule has 3 aliphatic heterocycles. The molecular formula is C38H48O8. The van der Waals surface area contributed by atoms with Crippen molar-refractivity contribution >= 4 is 17.8 Å². The van der Waals surface area contributed by atoms with Gasteiger partial charge >= 0.3 is 5.97 Å². The van der Waals surface area contributed by atoms with Crippen molar-refractivity contribution in [3.63, 3.8) is 0 Å². The average molecular weight is 633 g/mol. The molecule has 0 radical (unpaired) electrons. The van der Waals surface area contributed by atoms with E-state index in [0.29, 0.717) is 36.1 Å². The third kappa shape index (κ3) is 4.61. The Morgan fingerprint density at radius 3 is 2.35 bits per heavy atom. The molecule has 7 atom stereocenters. The van der Waals surface area contributed by atoms with Crippen LogP contribution in [0, 0.1) is 17.8 Å². The average Bonchev–Trinajstić information content (AvgIpc) is 3.12. The minimum atomic E-state index is -1.37. The van der Waals surface area contributed by atoms with Crippen LogP contribution in [0.3, 0.4) is 0 Å². The molecule has 4 bridgehead atoms. The fourth-order valence-electron chi connectivity index (χ4n) is 9.00. The summed E-state index contributed by atoms with van der Waals surface area (Å²) in [7, 11) is 0. The topological polar surface area (TPSA) is 123 Å². The number of phenols is 1. The number of carboxylic acids is 1. The molecule has 4 fully saturated rings. The highest BCUT2D eigenvalue weighted by Crippen LogP contribution is 2.71. The van der Waals surface area contributed by atoms with E-state index in [1.54, 1.807) is 6.08 Å². The molecule has 0 aromatic heterocycles. The van der Waals surface area contributed by atoms with Gasteiger partial charge in [-0.2, -0.15) is 0 Å². The summed E-state index contributed by atoms with van der Waals surface area (Å²) in [6.45, 7) is 15.6. The highest BCUT2D eigenvalue weighted by molar-refractivity contribution is 6.07. The predicted octanol–water partition coefficient (Wildman–Crippen LogP) is 7.11. The largest absolute Gasteiger partial charge is 0.506 e. The van der Waals surface area contributed by atoms with Crippen molar-refractivity contribution in [1.29, 1.82) is 0 Å². The lowest BCUT2D eigenvalue weighted by atomic mass is 9.46. The third-order valence-electron chi connectivity index (χ3n) is 11.2. The number of hydrogen-bond donors (Lipinski definition) is 3. The summed E-state index contributed by atoms with van der Waals surface area (Å²) in [5.74, 6) is -1.84. The summed E-state index contributed by atoms with van der Waals surface area (Å²) >= 11 is 0. The second kappa shape index (κ2) is 10.8. The molecule has 248 valence electrons. The zero-order chi connectivity index (χ0) is 33.6. The zero-order valence-corrected chi connectivity index (χ0v) is 28.3. The Labute approximate surface area is 271 Å². The van der Waals surface area contributed by atoms with Crippen molar-refractivity contribution < 1.29 is 39.1 Å². The highest BCUT2D eigenvalue weighted by Gasteiger charge is 2.83. The van der Waals surface area contributed by atoms with Crippen LogP contribution in [0.15, 0.2) is 41.0 Å². The van der Waals surface area contributed by atoms with Gasteiger partial charge in [0.2, 0.25) is 0 Å². The maximum absolute atomic E-state index is 14.8.